The van der Waals surface area contributed by atoms with Crippen molar-refractivity contribution < 1.29 is 4.90 Å². The van der Waals surface area contributed by atoms with E-state index in [1.807, 2.05) is 16.7 Å². The van der Waals surface area contributed by atoms with Gasteiger partial charge in [0.2, 0.25) is 0 Å². The Balaban J connectivity index is 1.63. The molecule has 1 aromatic carbocycles. The summed E-state index contributed by atoms with van der Waals surface area (Å²) in [6.07, 6.45) is 2.77. The van der Waals surface area contributed by atoms with Gasteiger partial charge in [0.1, 0.15) is 0 Å². The van der Waals surface area contributed by atoms with Gasteiger partial charge in [-0.25, -0.2) is 0 Å². The average Bonchev–Trinajstić information content (AvgIpc) is 2.35. The zero-order valence-electron chi connectivity index (χ0n) is 11.7. The van der Waals surface area contributed by atoms with Gasteiger partial charge in [-0.2, -0.15) is 0 Å². The lowest BCUT2D eigenvalue weighted by Gasteiger charge is -2.31. The third kappa shape index (κ3) is 4.66. The van der Waals surface area contributed by atoms with E-state index in [-0.39, 0.29) is 0 Å². The maximum atomic E-state index is 2.41. The first-order valence-corrected chi connectivity index (χ1v) is 8.24. The van der Waals surface area contributed by atoms with Crippen LogP contribution in [-0.4, -0.2) is 25.4 Å². The number of thioether (sulfide) groups is 1. The van der Waals surface area contributed by atoms with Crippen LogP contribution in [-0.2, 0) is 0 Å². The van der Waals surface area contributed by atoms with Crippen LogP contribution in [0.2, 0.25) is 0 Å². The fourth-order valence-corrected chi connectivity index (χ4v) is 4.03. The molecule has 1 nitrogen and oxygen atoms in total. The van der Waals surface area contributed by atoms with Gasteiger partial charge in [-0.1, -0.05) is 32.0 Å². The molecule has 0 aromatic heterocycles. The molecule has 1 aliphatic rings. The van der Waals surface area contributed by atoms with Gasteiger partial charge in [-0.05, 0) is 18.6 Å². The zero-order valence-corrected chi connectivity index (χ0v) is 12.5. The lowest BCUT2D eigenvalue weighted by molar-refractivity contribution is -0.912. The zero-order chi connectivity index (χ0) is 12.8. The molecule has 1 saturated heterocycles. The topological polar surface area (TPSA) is 4.44 Å². The molecular formula is C16H26NS+. The fourth-order valence-electron chi connectivity index (χ4n) is 3.16. The van der Waals surface area contributed by atoms with E-state index in [1.54, 1.807) is 0 Å². The molecular weight excluding hydrogens is 238 g/mol. The van der Waals surface area contributed by atoms with Crippen molar-refractivity contribution in [2.45, 2.75) is 31.6 Å². The summed E-state index contributed by atoms with van der Waals surface area (Å²) >= 11 is 2.00. The number of piperidine rings is 1. The second-order valence-electron chi connectivity index (χ2n) is 5.87. The molecule has 0 bridgehead atoms. The first-order chi connectivity index (χ1) is 8.74. The maximum Gasteiger partial charge on any atom is 0.0797 e. The summed E-state index contributed by atoms with van der Waals surface area (Å²) in [6, 6.07) is 10.8. The van der Waals surface area contributed by atoms with Crippen LogP contribution in [0.1, 0.15) is 26.7 Å². The van der Waals surface area contributed by atoms with Gasteiger partial charge in [0, 0.05) is 28.9 Å². The number of quaternary nitrogens is 1. The smallest absolute Gasteiger partial charge is 0.0797 e. The van der Waals surface area contributed by atoms with Crippen LogP contribution in [0.4, 0.5) is 0 Å². The van der Waals surface area contributed by atoms with Gasteiger partial charge in [0.15, 0.2) is 0 Å². The highest BCUT2D eigenvalue weighted by molar-refractivity contribution is 7.99. The monoisotopic (exact) mass is 264 g/mol. The molecule has 100 valence electrons. The van der Waals surface area contributed by atoms with Gasteiger partial charge in [-0.15, -0.1) is 11.8 Å². The second kappa shape index (κ2) is 7.20. The van der Waals surface area contributed by atoms with Gasteiger partial charge >= 0.3 is 0 Å². The van der Waals surface area contributed by atoms with Crippen molar-refractivity contribution in [2.24, 2.45) is 11.8 Å². The van der Waals surface area contributed by atoms with Crippen LogP contribution >= 0.6 is 11.8 Å². The summed E-state index contributed by atoms with van der Waals surface area (Å²) in [4.78, 5) is 3.24. The normalized spacial score (nSPS) is 28.2. The Bertz CT molecular complexity index is 328. The molecule has 1 heterocycles. The number of nitrogens with one attached hydrogen (secondary N) is 1. The summed E-state index contributed by atoms with van der Waals surface area (Å²) in [5, 5.41) is 0. The molecule has 1 N–H and O–H groups in total. The Hall–Kier alpha value is -0.470. The van der Waals surface area contributed by atoms with Crippen molar-refractivity contribution in [1.29, 1.82) is 0 Å². The Labute approximate surface area is 116 Å². The van der Waals surface area contributed by atoms with Crippen LogP contribution in [0.15, 0.2) is 35.2 Å². The molecule has 18 heavy (non-hydrogen) atoms. The highest BCUT2D eigenvalue weighted by Gasteiger charge is 2.24. The quantitative estimate of drug-likeness (QED) is 0.633. The predicted molar refractivity (Wildman–Crippen MR) is 80.3 cm³/mol. The lowest BCUT2D eigenvalue weighted by Crippen LogP contribution is -3.14. The van der Waals surface area contributed by atoms with Gasteiger partial charge in [0.25, 0.3) is 0 Å². The highest BCUT2D eigenvalue weighted by atomic mass is 32.2. The molecule has 0 unspecified atom stereocenters. The van der Waals surface area contributed by atoms with Crippen molar-refractivity contribution in [3.63, 3.8) is 0 Å². The number of rotatable bonds is 5. The number of likely N-dealkylation sites (tertiary alicyclic amines) is 1. The summed E-state index contributed by atoms with van der Waals surface area (Å²) < 4.78 is 0. The van der Waals surface area contributed by atoms with E-state index in [0.29, 0.717) is 0 Å². The Morgan fingerprint density at radius 1 is 1.11 bits per heavy atom. The molecule has 1 aromatic rings. The van der Waals surface area contributed by atoms with Crippen LogP contribution in [0.3, 0.4) is 0 Å². The lowest BCUT2D eigenvalue weighted by atomic mass is 9.92. The average molecular weight is 264 g/mol. The van der Waals surface area contributed by atoms with Crippen molar-refractivity contribution in [2.75, 3.05) is 25.4 Å². The van der Waals surface area contributed by atoms with Crippen LogP contribution in [0.5, 0.6) is 0 Å². The van der Waals surface area contributed by atoms with Crippen LogP contribution in [0, 0.1) is 11.8 Å². The van der Waals surface area contributed by atoms with Gasteiger partial charge in [-0.3, -0.25) is 0 Å². The largest absolute Gasteiger partial charge is 0.334 e. The molecule has 1 fully saturated rings. The van der Waals surface area contributed by atoms with Crippen molar-refractivity contribution in [3.8, 4) is 0 Å². The summed E-state index contributed by atoms with van der Waals surface area (Å²) in [5.41, 5.74) is 0. The Morgan fingerprint density at radius 2 is 1.78 bits per heavy atom. The van der Waals surface area contributed by atoms with Crippen LogP contribution in [0.25, 0.3) is 0 Å². The molecule has 0 amide bonds. The third-order valence-corrected chi connectivity index (χ3v) is 4.86. The maximum absolute atomic E-state index is 2.41. The fraction of sp³-hybridized carbons (Fsp3) is 0.625. The summed E-state index contributed by atoms with van der Waals surface area (Å²) in [7, 11) is 0. The van der Waals surface area contributed by atoms with E-state index in [9.17, 15) is 0 Å². The van der Waals surface area contributed by atoms with E-state index < -0.39 is 0 Å². The molecule has 1 aliphatic heterocycles. The minimum Gasteiger partial charge on any atom is -0.334 e. The van der Waals surface area contributed by atoms with Crippen molar-refractivity contribution in [3.05, 3.63) is 30.3 Å². The second-order valence-corrected chi connectivity index (χ2v) is 7.04. The summed E-state index contributed by atoms with van der Waals surface area (Å²) in [6.45, 7) is 8.96. The number of benzene rings is 1. The molecule has 2 rings (SSSR count). The third-order valence-electron chi connectivity index (χ3n) is 3.77. The molecule has 0 spiro atoms. The minimum atomic E-state index is 0.922. The first-order valence-electron chi connectivity index (χ1n) is 7.25. The van der Waals surface area contributed by atoms with Crippen LogP contribution < -0.4 is 4.90 Å². The SMILES string of the molecule is C[C@H]1C[C@H](C)C[NH+](CCCSc2ccccc2)C1. The Kier molecular flexibility index (Phi) is 5.58. The molecule has 0 saturated carbocycles. The van der Waals surface area contributed by atoms with E-state index in [0.717, 1.165) is 11.8 Å². The first kappa shape index (κ1) is 14.0. The van der Waals surface area contributed by atoms with E-state index in [2.05, 4.69) is 44.2 Å². The van der Waals surface area contributed by atoms with E-state index >= 15 is 0 Å². The predicted octanol–water partition coefficient (Wildman–Crippen LogP) is 2.73. The number of hydrogen-bond acceptors (Lipinski definition) is 1. The minimum absolute atomic E-state index is 0.922. The van der Waals surface area contributed by atoms with E-state index in [4.69, 9.17) is 0 Å². The Morgan fingerprint density at radius 3 is 2.44 bits per heavy atom. The standard InChI is InChI=1S/C16H25NS/c1-14-11-15(2)13-17(12-14)9-6-10-18-16-7-4-3-5-8-16/h3-5,7-8,14-15H,6,9-13H2,1-2H3/p+1/t14-,15-/m0/s1. The highest BCUT2D eigenvalue weighted by Crippen LogP contribution is 2.17. The summed E-state index contributed by atoms with van der Waals surface area (Å²) in [5.74, 6) is 3.10. The van der Waals surface area contributed by atoms with Gasteiger partial charge in [0.05, 0.1) is 19.6 Å². The molecule has 0 radical (unpaired) electrons. The van der Waals surface area contributed by atoms with E-state index in [1.165, 1.54) is 43.1 Å². The number of hydrogen-bond donors (Lipinski definition) is 1. The molecule has 2 heteroatoms. The molecule has 2 atom stereocenters. The van der Waals surface area contributed by atoms with Crippen molar-refractivity contribution in [1.82, 2.24) is 0 Å². The molecule has 0 aliphatic carbocycles. The van der Waals surface area contributed by atoms with Crippen molar-refractivity contribution >= 4 is 11.8 Å². The van der Waals surface area contributed by atoms with Gasteiger partial charge < -0.3 is 4.90 Å².